The van der Waals surface area contributed by atoms with Crippen LogP contribution in [0.1, 0.15) is 31.7 Å². The SMILES string of the molecule is CCCN1CCC(NC(=NC)NCc2cc(OC)c(OC)c(OC)c2)CC1.I. The Kier molecular flexibility index (Phi) is 11.4. The highest BCUT2D eigenvalue weighted by molar-refractivity contribution is 14.0. The standard InChI is InChI=1S/C20H34N4O3.HI/c1-6-9-24-10-7-16(8-11-24)23-20(21-2)22-14-15-12-17(25-3)19(27-5)18(13-15)26-4;/h12-13,16H,6-11,14H2,1-5H3,(H2,21,22,23);1H. The minimum atomic E-state index is 0. The fourth-order valence-corrected chi connectivity index (χ4v) is 3.43. The van der Waals surface area contributed by atoms with Crippen LogP contribution in [0.15, 0.2) is 17.1 Å². The van der Waals surface area contributed by atoms with Crippen molar-refractivity contribution in [1.82, 2.24) is 15.5 Å². The summed E-state index contributed by atoms with van der Waals surface area (Å²) in [7, 11) is 6.66. The third-order valence-electron chi connectivity index (χ3n) is 4.88. The van der Waals surface area contributed by atoms with Crippen molar-refractivity contribution in [2.24, 2.45) is 4.99 Å². The minimum absolute atomic E-state index is 0. The number of rotatable bonds is 8. The van der Waals surface area contributed by atoms with E-state index < -0.39 is 0 Å². The van der Waals surface area contributed by atoms with Crippen LogP contribution in [-0.2, 0) is 6.54 Å². The van der Waals surface area contributed by atoms with Crippen molar-refractivity contribution >= 4 is 29.9 Å². The van der Waals surface area contributed by atoms with Gasteiger partial charge in [0.2, 0.25) is 5.75 Å². The van der Waals surface area contributed by atoms with Crippen LogP contribution >= 0.6 is 24.0 Å². The van der Waals surface area contributed by atoms with Gasteiger partial charge in [0, 0.05) is 32.7 Å². The molecule has 2 N–H and O–H groups in total. The topological polar surface area (TPSA) is 67.4 Å². The molecule has 1 aliphatic heterocycles. The van der Waals surface area contributed by atoms with Crippen LogP contribution in [0, 0.1) is 0 Å². The molecule has 0 unspecified atom stereocenters. The van der Waals surface area contributed by atoms with Crippen LogP contribution < -0.4 is 24.8 Å². The average Bonchev–Trinajstić information content (AvgIpc) is 2.71. The number of ether oxygens (including phenoxy) is 3. The Morgan fingerprint density at radius 2 is 1.71 bits per heavy atom. The number of benzene rings is 1. The molecule has 0 aromatic heterocycles. The second-order valence-corrected chi connectivity index (χ2v) is 6.72. The molecular formula is C20H35IN4O3. The molecule has 0 radical (unpaired) electrons. The van der Waals surface area contributed by atoms with Crippen LogP contribution in [0.5, 0.6) is 17.2 Å². The minimum Gasteiger partial charge on any atom is -0.493 e. The van der Waals surface area contributed by atoms with E-state index >= 15 is 0 Å². The fraction of sp³-hybridized carbons (Fsp3) is 0.650. The number of nitrogens with one attached hydrogen (secondary N) is 2. The van der Waals surface area contributed by atoms with E-state index in [1.165, 1.54) is 13.0 Å². The third kappa shape index (κ3) is 6.88. The maximum atomic E-state index is 5.42. The summed E-state index contributed by atoms with van der Waals surface area (Å²) in [4.78, 5) is 6.90. The molecule has 0 saturated carbocycles. The highest BCUT2D eigenvalue weighted by Crippen LogP contribution is 2.38. The van der Waals surface area contributed by atoms with Crippen LogP contribution in [0.4, 0.5) is 0 Å². The first-order chi connectivity index (χ1) is 13.1. The van der Waals surface area contributed by atoms with Crippen molar-refractivity contribution in [2.45, 2.75) is 38.8 Å². The van der Waals surface area contributed by atoms with Crippen molar-refractivity contribution in [1.29, 1.82) is 0 Å². The van der Waals surface area contributed by atoms with Gasteiger partial charge in [-0.1, -0.05) is 6.92 Å². The van der Waals surface area contributed by atoms with Crippen LogP contribution in [0.25, 0.3) is 0 Å². The van der Waals surface area contributed by atoms with Gasteiger partial charge in [-0.3, -0.25) is 4.99 Å². The second kappa shape index (κ2) is 12.9. The highest BCUT2D eigenvalue weighted by atomic mass is 127. The van der Waals surface area contributed by atoms with Gasteiger partial charge in [-0.05, 0) is 43.5 Å². The lowest BCUT2D eigenvalue weighted by Gasteiger charge is -2.32. The van der Waals surface area contributed by atoms with Gasteiger partial charge in [-0.2, -0.15) is 0 Å². The molecule has 0 atom stereocenters. The predicted octanol–water partition coefficient (Wildman–Crippen LogP) is 2.87. The predicted molar refractivity (Wildman–Crippen MR) is 125 cm³/mol. The number of methoxy groups -OCH3 is 3. The summed E-state index contributed by atoms with van der Waals surface area (Å²) >= 11 is 0. The van der Waals surface area contributed by atoms with Gasteiger partial charge in [-0.25, -0.2) is 0 Å². The monoisotopic (exact) mass is 506 g/mol. The maximum absolute atomic E-state index is 5.42. The van der Waals surface area contributed by atoms with Crippen molar-refractivity contribution in [2.75, 3.05) is 48.0 Å². The van der Waals surface area contributed by atoms with E-state index in [0.717, 1.165) is 37.5 Å². The smallest absolute Gasteiger partial charge is 0.203 e. The quantitative estimate of drug-likeness (QED) is 0.321. The Balaban J connectivity index is 0.00000392. The third-order valence-corrected chi connectivity index (χ3v) is 4.88. The van der Waals surface area contributed by atoms with E-state index in [4.69, 9.17) is 14.2 Å². The molecule has 1 fully saturated rings. The van der Waals surface area contributed by atoms with E-state index in [9.17, 15) is 0 Å². The van der Waals surface area contributed by atoms with Crippen molar-refractivity contribution in [3.05, 3.63) is 17.7 Å². The van der Waals surface area contributed by atoms with Gasteiger partial charge >= 0.3 is 0 Å². The summed E-state index contributed by atoms with van der Waals surface area (Å²) in [6, 6.07) is 4.36. The van der Waals surface area contributed by atoms with Gasteiger partial charge in [0.15, 0.2) is 17.5 Å². The number of likely N-dealkylation sites (tertiary alicyclic amines) is 1. The molecule has 1 saturated heterocycles. The maximum Gasteiger partial charge on any atom is 0.203 e. The molecule has 0 amide bonds. The molecule has 1 heterocycles. The number of aliphatic imine (C=N–C) groups is 1. The van der Waals surface area contributed by atoms with Crippen molar-refractivity contribution < 1.29 is 14.2 Å². The molecule has 0 spiro atoms. The van der Waals surface area contributed by atoms with E-state index in [-0.39, 0.29) is 24.0 Å². The van der Waals surface area contributed by atoms with Gasteiger partial charge < -0.3 is 29.7 Å². The molecule has 0 aliphatic carbocycles. The zero-order chi connectivity index (χ0) is 19.6. The average molecular weight is 506 g/mol. The molecule has 28 heavy (non-hydrogen) atoms. The molecule has 2 rings (SSSR count). The summed E-state index contributed by atoms with van der Waals surface area (Å²) in [6.07, 6.45) is 3.51. The number of nitrogens with zero attached hydrogens (tertiary/aromatic N) is 2. The van der Waals surface area contributed by atoms with E-state index in [1.807, 2.05) is 12.1 Å². The van der Waals surface area contributed by atoms with Gasteiger partial charge in [-0.15, -0.1) is 24.0 Å². The zero-order valence-corrected chi connectivity index (χ0v) is 20.0. The Morgan fingerprint density at radius 1 is 1.11 bits per heavy atom. The normalized spacial score (nSPS) is 15.5. The zero-order valence-electron chi connectivity index (χ0n) is 17.7. The molecule has 7 nitrogen and oxygen atoms in total. The number of hydrogen-bond acceptors (Lipinski definition) is 5. The lowest BCUT2D eigenvalue weighted by Crippen LogP contribution is -2.48. The van der Waals surface area contributed by atoms with E-state index in [0.29, 0.717) is 29.8 Å². The second-order valence-electron chi connectivity index (χ2n) is 6.72. The number of hydrogen-bond donors (Lipinski definition) is 2. The molecule has 0 bridgehead atoms. The van der Waals surface area contributed by atoms with Gasteiger partial charge in [0.05, 0.1) is 21.3 Å². The molecule has 1 aliphatic rings. The van der Waals surface area contributed by atoms with Crippen LogP contribution in [-0.4, -0.2) is 64.9 Å². The van der Waals surface area contributed by atoms with Crippen LogP contribution in [0.2, 0.25) is 0 Å². The fourth-order valence-electron chi connectivity index (χ4n) is 3.43. The first-order valence-electron chi connectivity index (χ1n) is 9.63. The molecule has 1 aromatic rings. The van der Waals surface area contributed by atoms with Crippen molar-refractivity contribution in [3.8, 4) is 17.2 Å². The van der Waals surface area contributed by atoms with Crippen LogP contribution in [0.3, 0.4) is 0 Å². The Bertz CT molecular complexity index is 594. The Hall–Kier alpha value is -1.42. The first kappa shape index (κ1) is 24.6. The summed E-state index contributed by atoms with van der Waals surface area (Å²) in [5.41, 5.74) is 1.03. The molecular weight excluding hydrogens is 471 g/mol. The highest BCUT2D eigenvalue weighted by Gasteiger charge is 2.19. The molecule has 160 valence electrons. The Morgan fingerprint density at radius 3 is 2.18 bits per heavy atom. The van der Waals surface area contributed by atoms with Crippen molar-refractivity contribution in [3.63, 3.8) is 0 Å². The lowest BCUT2D eigenvalue weighted by molar-refractivity contribution is 0.206. The molecule has 1 aromatic carbocycles. The largest absolute Gasteiger partial charge is 0.493 e. The van der Waals surface area contributed by atoms with E-state index in [1.54, 1.807) is 28.4 Å². The summed E-state index contributed by atoms with van der Waals surface area (Å²) < 4.78 is 16.2. The summed E-state index contributed by atoms with van der Waals surface area (Å²) in [6.45, 7) is 6.34. The first-order valence-corrected chi connectivity index (χ1v) is 9.63. The lowest BCUT2D eigenvalue weighted by atomic mass is 10.1. The van der Waals surface area contributed by atoms with Gasteiger partial charge in [0.25, 0.3) is 0 Å². The van der Waals surface area contributed by atoms with E-state index in [2.05, 4.69) is 27.4 Å². The van der Waals surface area contributed by atoms with Gasteiger partial charge in [0.1, 0.15) is 0 Å². The number of halogens is 1. The number of guanidine groups is 1. The summed E-state index contributed by atoms with van der Waals surface area (Å²) in [5.74, 6) is 2.72. The number of piperidine rings is 1. The summed E-state index contributed by atoms with van der Waals surface area (Å²) in [5, 5.41) is 6.93. The molecule has 8 heteroatoms. The Labute approximate surface area is 186 Å².